The number of hydrogen-bond acceptors (Lipinski definition) is 7. The Morgan fingerprint density at radius 1 is 0.689 bits per heavy atom. The van der Waals surface area contributed by atoms with Crippen molar-refractivity contribution in [1.82, 2.24) is 25.1 Å². The van der Waals surface area contributed by atoms with E-state index in [0.717, 1.165) is 87.0 Å². The zero-order chi connectivity index (χ0) is 42.3. The van der Waals surface area contributed by atoms with Crippen molar-refractivity contribution in [3.8, 4) is 22.3 Å². The molecule has 0 radical (unpaired) electrons. The molecule has 0 unspecified atom stereocenters. The summed E-state index contributed by atoms with van der Waals surface area (Å²) in [6.07, 6.45) is 6.21. The Kier molecular flexibility index (Phi) is 12.6. The van der Waals surface area contributed by atoms with Crippen LogP contribution in [0.3, 0.4) is 0 Å². The number of likely N-dealkylation sites (tertiary alicyclic amines) is 2. The smallest absolute Gasteiger partial charge is 0.254 e. The summed E-state index contributed by atoms with van der Waals surface area (Å²) in [6, 6.07) is 32.8. The number of nitrogens with two attached hydrogens (primary N) is 1. The quantitative estimate of drug-likeness (QED) is 0.0664. The predicted octanol–water partition coefficient (Wildman–Crippen LogP) is 10.9. The Hall–Kier alpha value is -6.66. The molecule has 2 aromatic heterocycles. The first-order valence-electron chi connectivity index (χ1n) is 20.9. The van der Waals surface area contributed by atoms with E-state index in [1.165, 1.54) is 6.07 Å². The zero-order valence-electron chi connectivity index (χ0n) is 34.7. The van der Waals surface area contributed by atoms with Gasteiger partial charge in [-0.05, 0) is 86.8 Å². The van der Waals surface area contributed by atoms with Gasteiger partial charge in [-0.3, -0.25) is 0 Å². The number of aliphatic imine (C=N–C) groups is 2. The van der Waals surface area contributed by atoms with Gasteiger partial charge in [-0.15, -0.1) is 0 Å². The van der Waals surface area contributed by atoms with Gasteiger partial charge in [0.2, 0.25) is 11.9 Å². The molecule has 0 saturated carbocycles. The van der Waals surface area contributed by atoms with E-state index >= 15 is 8.78 Å². The second-order valence-electron chi connectivity index (χ2n) is 15.7. The maximum absolute atomic E-state index is 15.6. The van der Waals surface area contributed by atoms with Crippen molar-refractivity contribution in [2.24, 2.45) is 15.8 Å². The summed E-state index contributed by atoms with van der Waals surface area (Å²) >= 11 is 0. The summed E-state index contributed by atoms with van der Waals surface area (Å²) in [7, 11) is 0. The highest BCUT2D eigenvalue weighted by molar-refractivity contribution is 5.99. The molecule has 61 heavy (non-hydrogen) atoms. The molecule has 10 nitrogen and oxygen atoms in total. The molecule has 0 aliphatic carbocycles. The number of hydrogen-bond donors (Lipinski definition) is 1. The lowest BCUT2D eigenvalue weighted by molar-refractivity contribution is 0.280. The molecule has 0 spiro atoms. The van der Waals surface area contributed by atoms with E-state index in [1.54, 1.807) is 35.3 Å². The van der Waals surface area contributed by atoms with Crippen molar-refractivity contribution in [1.29, 1.82) is 0 Å². The summed E-state index contributed by atoms with van der Waals surface area (Å²) in [5.74, 6) is 8.14. The zero-order valence-corrected chi connectivity index (χ0v) is 34.7. The van der Waals surface area contributed by atoms with Crippen molar-refractivity contribution >= 4 is 28.9 Å². The maximum atomic E-state index is 15.6. The molecular formula is C49H50F2N8O2. The molecule has 2 aliphatic heterocycles. The molecule has 0 amide bonds. The lowest BCUT2D eigenvalue weighted by Crippen LogP contribution is -2.57. The minimum absolute atomic E-state index is 0.168. The van der Waals surface area contributed by atoms with E-state index in [1.807, 2.05) is 86.6 Å². The third-order valence-electron chi connectivity index (χ3n) is 11.2. The van der Waals surface area contributed by atoms with Gasteiger partial charge in [-0.25, -0.2) is 24.6 Å². The van der Waals surface area contributed by atoms with Gasteiger partial charge in [-0.1, -0.05) is 107 Å². The van der Waals surface area contributed by atoms with Crippen LogP contribution in [0.15, 0.2) is 140 Å². The first-order valence-corrected chi connectivity index (χ1v) is 20.9. The molecule has 312 valence electrons. The van der Waals surface area contributed by atoms with Crippen LogP contribution in [0, 0.1) is 11.6 Å². The fraction of sp³-hybridized carbons (Fsp3) is 0.265. The first-order chi connectivity index (χ1) is 29.7. The van der Waals surface area contributed by atoms with Crippen LogP contribution in [0.4, 0.5) is 14.7 Å². The van der Waals surface area contributed by atoms with Crippen molar-refractivity contribution < 1.29 is 17.8 Å². The Labute approximate surface area is 355 Å². The standard InChI is InChI=1S/C49H50F2N8O2/c1-33(2)47(38-21-23-41(43(51)29-38)36-18-10-5-11-19-36)44-31-46(61-56-44)54-49(58-26-14-7-15-27-58)59(52)48(57-24-12-6-13-25-57)53-32-39-30-45(60-55-39)34(3)37-20-22-40(42(50)28-37)35-16-8-4-9-17-35/h4-5,8-11,16-23,28-31H,3,6-7,12-15,24-27,32,52H2,1-2H3. The van der Waals surface area contributed by atoms with E-state index in [0.29, 0.717) is 56.9 Å². The van der Waals surface area contributed by atoms with Crippen LogP contribution in [0.25, 0.3) is 33.4 Å². The maximum Gasteiger partial charge on any atom is 0.254 e. The predicted molar refractivity (Wildman–Crippen MR) is 237 cm³/mol. The topological polar surface area (TPSA) is 113 Å². The fourth-order valence-corrected chi connectivity index (χ4v) is 8.01. The lowest BCUT2D eigenvalue weighted by Gasteiger charge is -2.38. The normalized spacial score (nSPS) is 14.9. The van der Waals surface area contributed by atoms with Crippen LogP contribution < -0.4 is 5.84 Å². The molecule has 2 saturated heterocycles. The van der Waals surface area contributed by atoms with Gasteiger partial charge < -0.3 is 18.8 Å². The monoisotopic (exact) mass is 820 g/mol. The number of aromatic nitrogens is 2. The Bertz CT molecular complexity index is 2560. The van der Waals surface area contributed by atoms with Crippen LogP contribution in [0.5, 0.6) is 0 Å². The molecule has 6 aromatic rings. The van der Waals surface area contributed by atoms with Gasteiger partial charge in [0.25, 0.3) is 5.88 Å². The van der Waals surface area contributed by atoms with E-state index in [-0.39, 0.29) is 24.1 Å². The van der Waals surface area contributed by atoms with Gasteiger partial charge in [0.05, 0.1) is 6.54 Å². The van der Waals surface area contributed by atoms with Crippen molar-refractivity contribution in [3.63, 3.8) is 0 Å². The van der Waals surface area contributed by atoms with E-state index in [9.17, 15) is 0 Å². The summed E-state index contributed by atoms with van der Waals surface area (Å²) < 4.78 is 42.4. The number of piperidine rings is 2. The number of nitrogens with zero attached hydrogens (tertiary/aromatic N) is 7. The third-order valence-corrected chi connectivity index (χ3v) is 11.2. The number of hydrazine groups is 1. The molecule has 0 bridgehead atoms. The molecule has 2 fully saturated rings. The summed E-state index contributed by atoms with van der Waals surface area (Å²) in [5, 5.41) is 10.3. The highest BCUT2D eigenvalue weighted by atomic mass is 19.1. The number of guanidine groups is 2. The number of benzene rings is 4. The first kappa shape index (κ1) is 41.1. The minimum Gasteiger partial charge on any atom is -0.356 e. The molecule has 12 heteroatoms. The van der Waals surface area contributed by atoms with Crippen molar-refractivity contribution in [3.05, 3.63) is 161 Å². The highest BCUT2D eigenvalue weighted by Gasteiger charge is 2.28. The number of rotatable bonds is 9. The van der Waals surface area contributed by atoms with Crippen LogP contribution in [0.2, 0.25) is 0 Å². The van der Waals surface area contributed by atoms with Crippen LogP contribution in [-0.2, 0) is 6.54 Å². The van der Waals surface area contributed by atoms with Gasteiger partial charge in [0.1, 0.15) is 23.0 Å². The van der Waals surface area contributed by atoms with Crippen LogP contribution in [-0.4, -0.2) is 63.2 Å². The Morgan fingerprint density at radius 3 is 1.82 bits per heavy atom. The Balaban J connectivity index is 1.06. The minimum atomic E-state index is -0.349. The van der Waals surface area contributed by atoms with Gasteiger partial charge in [0.15, 0.2) is 5.76 Å². The fourth-order valence-electron chi connectivity index (χ4n) is 8.01. The lowest BCUT2D eigenvalue weighted by atomic mass is 9.95. The molecular weight excluding hydrogens is 771 g/mol. The van der Waals surface area contributed by atoms with E-state index in [2.05, 4.69) is 26.7 Å². The summed E-state index contributed by atoms with van der Waals surface area (Å²) in [4.78, 5) is 14.4. The average molecular weight is 821 g/mol. The van der Waals surface area contributed by atoms with Crippen molar-refractivity contribution in [2.45, 2.75) is 58.9 Å². The van der Waals surface area contributed by atoms with E-state index < -0.39 is 0 Å². The molecule has 4 heterocycles. The van der Waals surface area contributed by atoms with Gasteiger partial charge >= 0.3 is 0 Å². The van der Waals surface area contributed by atoms with Crippen molar-refractivity contribution in [2.75, 3.05) is 26.2 Å². The highest BCUT2D eigenvalue weighted by Crippen LogP contribution is 2.33. The SMILES string of the molecule is C=C(c1ccc(-c2ccccc2)c(F)c1)c1cc(CN=C(N2CCCCC2)N(N)C(=Nc2cc(C(=C(C)C)c3ccc(-c4ccccc4)c(F)c3)no2)N2CCCCC2)no1. The Morgan fingerprint density at radius 2 is 1.25 bits per heavy atom. The largest absolute Gasteiger partial charge is 0.356 e. The van der Waals surface area contributed by atoms with E-state index in [4.69, 9.17) is 24.9 Å². The van der Waals surface area contributed by atoms with Gasteiger partial charge in [0, 0.05) is 60.6 Å². The molecule has 0 atom stereocenters. The number of halogens is 2. The second kappa shape index (κ2) is 18.7. The van der Waals surface area contributed by atoms with Crippen LogP contribution in [0.1, 0.15) is 80.6 Å². The summed E-state index contributed by atoms with van der Waals surface area (Å²) in [5.41, 5.74) is 7.24. The molecule has 8 rings (SSSR count). The molecule has 2 N–H and O–H groups in total. The average Bonchev–Trinajstić information content (AvgIpc) is 3.97. The molecule has 4 aromatic carbocycles. The van der Waals surface area contributed by atoms with Gasteiger partial charge in [-0.2, -0.15) is 4.99 Å². The second-order valence-corrected chi connectivity index (χ2v) is 15.7. The number of allylic oxidation sites excluding steroid dienone is 1. The third kappa shape index (κ3) is 9.39. The summed E-state index contributed by atoms with van der Waals surface area (Å²) in [6.45, 7) is 11.4. The molecule has 2 aliphatic rings. The van der Waals surface area contributed by atoms with Crippen LogP contribution >= 0.6 is 0 Å².